The van der Waals surface area contributed by atoms with Crippen LogP contribution >= 0.6 is 0 Å². The zero-order valence-electron chi connectivity index (χ0n) is 14.7. The van der Waals surface area contributed by atoms with E-state index in [2.05, 4.69) is 25.7 Å². The van der Waals surface area contributed by atoms with Crippen molar-refractivity contribution in [2.24, 2.45) is 0 Å². The van der Waals surface area contributed by atoms with Gasteiger partial charge in [-0.3, -0.25) is 9.59 Å². The molecule has 0 unspecified atom stereocenters. The second kappa shape index (κ2) is 7.78. The molecule has 132 valence electrons. The second-order valence-electron chi connectivity index (χ2n) is 6.51. The van der Waals surface area contributed by atoms with Crippen LogP contribution in [0.2, 0.25) is 0 Å². The number of hydrogen-bond acceptors (Lipinski definition) is 7. The fourth-order valence-corrected chi connectivity index (χ4v) is 1.94. The summed E-state index contributed by atoms with van der Waals surface area (Å²) in [6, 6.07) is 7.32. The summed E-state index contributed by atoms with van der Waals surface area (Å²) in [7, 11) is 0. The predicted molar refractivity (Wildman–Crippen MR) is 90.1 cm³/mol. The number of aryl methyl sites for hydroxylation is 1. The summed E-state index contributed by atoms with van der Waals surface area (Å²) in [5, 5.41) is 18.4. The van der Waals surface area contributed by atoms with Crippen LogP contribution in [0.1, 0.15) is 38.6 Å². The van der Waals surface area contributed by atoms with Gasteiger partial charge in [0.15, 0.2) is 5.82 Å². The molecular weight excluding hydrogens is 322 g/mol. The molecule has 0 saturated carbocycles. The van der Waals surface area contributed by atoms with Crippen LogP contribution in [0, 0.1) is 6.92 Å². The van der Waals surface area contributed by atoms with E-state index in [1.54, 1.807) is 27.7 Å². The van der Waals surface area contributed by atoms with E-state index in [1.165, 1.54) is 0 Å². The molecule has 0 atom stereocenters. The topological polar surface area (TPSA) is 107 Å². The molecule has 25 heavy (non-hydrogen) atoms. The van der Waals surface area contributed by atoms with Gasteiger partial charge in [-0.2, -0.15) is 0 Å². The highest BCUT2D eigenvalue weighted by molar-refractivity contribution is 5.94. The monoisotopic (exact) mass is 343 g/mol. The van der Waals surface area contributed by atoms with Crippen molar-refractivity contribution in [3.8, 4) is 11.4 Å². The smallest absolute Gasteiger partial charge is 0.315 e. The number of carbonyl (C=O) groups excluding carboxylic acids is 2. The second-order valence-corrected chi connectivity index (χ2v) is 6.51. The van der Waals surface area contributed by atoms with Crippen molar-refractivity contribution in [3.05, 3.63) is 35.7 Å². The van der Waals surface area contributed by atoms with E-state index in [-0.39, 0.29) is 12.3 Å². The summed E-state index contributed by atoms with van der Waals surface area (Å²) >= 11 is 0. The molecule has 0 aliphatic carbocycles. The molecule has 0 aliphatic heterocycles. The first-order valence-corrected chi connectivity index (χ1v) is 7.85. The first kappa shape index (κ1) is 18.4. The normalized spacial score (nSPS) is 11.0. The molecular formula is C17H21N5O3. The third kappa shape index (κ3) is 6.25. The van der Waals surface area contributed by atoms with Gasteiger partial charge in [0, 0.05) is 12.1 Å². The molecule has 1 N–H and O–H groups in total. The average molecular weight is 343 g/mol. The molecule has 2 aromatic rings. The standard InChI is InChI=1S/C17H21N5O3/c1-11-19-21-16(22-20-11)13-7-5-12(6-8-13)10-18-14(23)9-15(24)25-17(2,3)4/h5-8H,9-10H2,1-4H3,(H,18,23). The van der Waals surface area contributed by atoms with Crippen LogP contribution in [-0.4, -0.2) is 37.9 Å². The number of rotatable bonds is 5. The Morgan fingerprint density at radius 2 is 1.64 bits per heavy atom. The maximum Gasteiger partial charge on any atom is 0.315 e. The molecule has 0 fully saturated rings. The number of ether oxygens (including phenoxy) is 1. The molecule has 1 aromatic carbocycles. The number of esters is 1. The Bertz CT molecular complexity index is 736. The summed E-state index contributed by atoms with van der Waals surface area (Å²) in [6.45, 7) is 7.30. The lowest BCUT2D eigenvalue weighted by Crippen LogP contribution is -2.30. The zero-order valence-corrected chi connectivity index (χ0v) is 14.7. The highest BCUT2D eigenvalue weighted by atomic mass is 16.6. The van der Waals surface area contributed by atoms with Crippen LogP contribution in [-0.2, 0) is 20.9 Å². The van der Waals surface area contributed by atoms with E-state index in [0.29, 0.717) is 18.2 Å². The van der Waals surface area contributed by atoms with E-state index < -0.39 is 11.6 Å². The van der Waals surface area contributed by atoms with Crippen LogP contribution in [0.5, 0.6) is 0 Å². The largest absolute Gasteiger partial charge is 0.460 e. The van der Waals surface area contributed by atoms with Crippen LogP contribution in [0.3, 0.4) is 0 Å². The van der Waals surface area contributed by atoms with Crippen molar-refractivity contribution >= 4 is 11.9 Å². The van der Waals surface area contributed by atoms with Gasteiger partial charge < -0.3 is 10.1 Å². The molecule has 0 radical (unpaired) electrons. The van der Waals surface area contributed by atoms with Crippen LogP contribution in [0.15, 0.2) is 24.3 Å². The first-order chi connectivity index (χ1) is 11.7. The minimum absolute atomic E-state index is 0.302. The Hall–Kier alpha value is -2.90. The van der Waals surface area contributed by atoms with Crippen molar-refractivity contribution in [2.75, 3.05) is 0 Å². The SMILES string of the molecule is Cc1nnc(-c2ccc(CNC(=O)CC(=O)OC(C)(C)C)cc2)nn1. The number of amides is 1. The fourth-order valence-electron chi connectivity index (χ4n) is 1.94. The van der Waals surface area contributed by atoms with Gasteiger partial charge in [0.25, 0.3) is 0 Å². The molecule has 0 aliphatic rings. The van der Waals surface area contributed by atoms with Crippen LogP contribution < -0.4 is 5.32 Å². The zero-order chi connectivity index (χ0) is 18.4. The van der Waals surface area contributed by atoms with Crippen molar-refractivity contribution in [1.29, 1.82) is 0 Å². The summed E-state index contributed by atoms with van der Waals surface area (Å²) < 4.78 is 5.11. The highest BCUT2D eigenvalue weighted by Crippen LogP contribution is 2.14. The number of hydrogen-bond donors (Lipinski definition) is 1. The molecule has 0 spiro atoms. The molecule has 2 rings (SSSR count). The number of aromatic nitrogens is 4. The number of nitrogens with zero attached hydrogens (tertiary/aromatic N) is 4. The van der Waals surface area contributed by atoms with Gasteiger partial charge in [-0.05, 0) is 33.3 Å². The van der Waals surface area contributed by atoms with Gasteiger partial charge in [0.1, 0.15) is 12.0 Å². The minimum Gasteiger partial charge on any atom is -0.460 e. The lowest BCUT2D eigenvalue weighted by atomic mass is 10.1. The van der Waals surface area contributed by atoms with Gasteiger partial charge >= 0.3 is 5.97 Å². The predicted octanol–water partition coefficient (Wildman–Crippen LogP) is 1.59. The van der Waals surface area contributed by atoms with Gasteiger partial charge in [0.05, 0.1) is 0 Å². The highest BCUT2D eigenvalue weighted by Gasteiger charge is 2.18. The van der Waals surface area contributed by atoms with Crippen LogP contribution in [0.4, 0.5) is 0 Å². The van der Waals surface area contributed by atoms with Gasteiger partial charge in [0.2, 0.25) is 11.7 Å². The van der Waals surface area contributed by atoms with Gasteiger partial charge in [-0.25, -0.2) is 0 Å². The molecule has 1 aromatic heterocycles. The maximum absolute atomic E-state index is 11.8. The summed E-state index contributed by atoms with van der Waals surface area (Å²) in [5.74, 6) is 0.0182. The fraction of sp³-hybridized carbons (Fsp3) is 0.412. The molecule has 8 heteroatoms. The minimum atomic E-state index is -0.602. The van der Waals surface area contributed by atoms with Gasteiger partial charge in [-0.15, -0.1) is 20.4 Å². The molecule has 0 saturated heterocycles. The van der Waals surface area contributed by atoms with E-state index >= 15 is 0 Å². The summed E-state index contributed by atoms with van der Waals surface area (Å²) in [4.78, 5) is 23.4. The Labute approximate surface area is 146 Å². The average Bonchev–Trinajstić information content (AvgIpc) is 2.52. The first-order valence-electron chi connectivity index (χ1n) is 7.85. The van der Waals surface area contributed by atoms with E-state index in [0.717, 1.165) is 11.1 Å². The lowest BCUT2D eigenvalue weighted by Gasteiger charge is -2.19. The Morgan fingerprint density at radius 3 is 2.20 bits per heavy atom. The van der Waals surface area contributed by atoms with E-state index in [4.69, 9.17) is 4.74 Å². The quantitative estimate of drug-likeness (QED) is 0.649. The lowest BCUT2D eigenvalue weighted by molar-refractivity contribution is -0.156. The van der Waals surface area contributed by atoms with Gasteiger partial charge in [-0.1, -0.05) is 24.3 Å². The van der Waals surface area contributed by atoms with Crippen molar-refractivity contribution in [2.45, 2.75) is 46.3 Å². The van der Waals surface area contributed by atoms with Crippen molar-refractivity contribution in [1.82, 2.24) is 25.7 Å². The summed E-state index contributed by atoms with van der Waals surface area (Å²) in [5.41, 5.74) is 1.06. The van der Waals surface area contributed by atoms with E-state index in [1.807, 2.05) is 24.3 Å². The maximum atomic E-state index is 11.8. The summed E-state index contributed by atoms with van der Waals surface area (Å²) in [6.07, 6.45) is -0.302. The number of carbonyl (C=O) groups is 2. The number of nitrogens with one attached hydrogen (secondary N) is 1. The number of benzene rings is 1. The molecule has 0 bridgehead atoms. The van der Waals surface area contributed by atoms with Crippen molar-refractivity contribution in [3.63, 3.8) is 0 Å². The Balaban J connectivity index is 1.86. The molecule has 1 amide bonds. The molecule has 8 nitrogen and oxygen atoms in total. The third-order valence-electron chi connectivity index (χ3n) is 3.01. The van der Waals surface area contributed by atoms with Crippen molar-refractivity contribution < 1.29 is 14.3 Å². The molecule has 1 heterocycles. The Morgan fingerprint density at radius 1 is 1.04 bits per heavy atom. The van der Waals surface area contributed by atoms with Crippen LogP contribution in [0.25, 0.3) is 11.4 Å². The Kier molecular flexibility index (Phi) is 5.74. The van der Waals surface area contributed by atoms with E-state index in [9.17, 15) is 9.59 Å². The third-order valence-corrected chi connectivity index (χ3v) is 3.01.